The van der Waals surface area contributed by atoms with Crippen molar-refractivity contribution in [3.8, 4) is 0 Å². The van der Waals surface area contributed by atoms with Crippen LogP contribution in [0.5, 0.6) is 0 Å². The van der Waals surface area contributed by atoms with Crippen LogP contribution in [-0.2, 0) is 4.74 Å². The Morgan fingerprint density at radius 1 is 1.17 bits per heavy atom. The highest BCUT2D eigenvalue weighted by Gasteiger charge is 2.53. The van der Waals surface area contributed by atoms with Gasteiger partial charge >= 0.3 is 0 Å². The zero-order valence-corrected chi connectivity index (χ0v) is 8.47. The normalized spacial score (nSPS) is 46.0. The summed E-state index contributed by atoms with van der Waals surface area (Å²) in [4.78, 5) is 0. The van der Waals surface area contributed by atoms with Gasteiger partial charge in [-0.1, -0.05) is 13.8 Å². The molecule has 0 N–H and O–H groups in total. The van der Waals surface area contributed by atoms with Crippen molar-refractivity contribution < 1.29 is 4.74 Å². The van der Waals surface area contributed by atoms with Crippen LogP contribution in [0.15, 0.2) is 0 Å². The lowest BCUT2D eigenvalue weighted by Crippen LogP contribution is -2.51. The van der Waals surface area contributed by atoms with Crippen LogP contribution >= 0.6 is 0 Å². The highest BCUT2D eigenvalue weighted by atomic mass is 16.5. The molecular formula is C11H20O. The summed E-state index contributed by atoms with van der Waals surface area (Å²) < 4.78 is 5.31. The Kier molecular flexibility index (Phi) is 1.95. The molecule has 0 heterocycles. The molecule has 0 unspecified atom stereocenters. The van der Waals surface area contributed by atoms with Crippen LogP contribution in [0.25, 0.3) is 0 Å². The molecule has 2 aliphatic rings. The van der Waals surface area contributed by atoms with Crippen molar-refractivity contribution in [1.29, 1.82) is 0 Å². The topological polar surface area (TPSA) is 9.23 Å². The third-order valence-electron chi connectivity index (χ3n) is 3.99. The van der Waals surface area contributed by atoms with Gasteiger partial charge in [-0.15, -0.1) is 0 Å². The van der Waals surface area contributed by atoms with Crippen LogP contribution in [0.2, 0.25) is 0 Å². The van der Waals surface area contributed by atoms with Crippen molar-refractivity contribution >= 4 is 0 Å². The molecule has 1 heteroatoms. The molecule has 12 heavy (non-hydrogen) atoms. The quantitative estimate of drug-likeness (QED) is 0.616. The van der Waals surface area contributed by atoms with Crippen LogP contribution in [-0.4, -0.2) is 13.2 Å². The summed E-state index contributed by atoms with van der Waals surface area (Å²) in [6.45, 7) is 4.70. The molecule has 0 aromatic heterocycles. The molecule has 0 radical (unpaired) electrons. The first kappa shape index (κ1) is 8.55. The van der Waals surface area contributed by atoms with Crippen molar-refractivity contribution in [3.05, 3.63) is 0 Å². The van der Waals surface area contributed by atoms with E-state index >= 15 is 0 Å². The van der Waals surface area contributed by atoms with E-state index in [9.17, 15) is 0 Å². The Hall–Kier alpha value is -0.0400. The van der Waals surface area contributed by atoms with E-state index in [1.165, 1.54) is 25.7 Å². The Balaban J connectivity index is 1.75. The maximum atomic E-state index is 5.31. The lowest BCUT2D eigenvalue weighted by Gasteiger charge is -2.58. The average molecular weight is 168 g/mol. The van der Waals surface area contributed by atoms with E-state index in [1.807, 2.05) is 7.11 Å². The van der Waals surface area contributed by atoms with E-state index in [0.717, 1.165) is 17.3 Å². The average Bonchev–Trinajstić information content (AvgIpc) is 1.81. The summed E-state index contributed by atoms with van der Waals surface area (Å²) >= 11 is 0. The van der Waals surface area contributed by atoms with E-state index in [0.29, 0.717) is 6.10 Å². The molecule has 2 rings (SSSR count). The first-order chi connectivity index (χ1) is 5.65. The minimum absolute atomic E-state index is 0.595. The minimum atomic E-state index is 0.595. The van der Waals surface area contributed by atoms with Crippen molar-refractivity contribution in [3.63, 3.8) is 0 Å². The van der Waals surface area contributed by atoms with Crippen LogP contribution < -0.4 is 0 Å². The second-order valence-electron chi connectivity index (χ2n) is 5.18. The monoisotopic (exact) mass is 168 g/mol. The van der Waals surface area contributed by atoms with E-state index in [4.69, 9.17) is 4.74 Å². The molecule has 70 valence electrons. The van der Waals surface area contributed by atoms with Crippen LogP contribution in [0, 0.1) is 17.3 Å². The summed E-state index contributed by atoms with van der Waals surface area (Å²) in [5.74, 6) is 1.92. The van der Waals surface area contributed by atoms with Crippen molar-refractivity contribution in [1.82, 2.24) is 0 Å². The Bertz CT molecular complexity index is 160. The molecule has 2 aliphatic carbocycles. The predicted molar refractivity (Wildman–Crippen MR) is 50.0 cm³/mol. The van der Waals surface area contributed by atoms with Gasteiger partial charge in [-0.2, -0.15) is 0 Å². The Morgan fingerprint density at radius 3 is 2.17 bits per heavy atom. The highest BCUT2D eigenvalue weighted by molar-refractivity contribution is 5.04. The second kappa shape index (κ2) is 2.73. The maximum absolute atomic E-state index is 5.31. The van der Waals surface area contributed by atoms with E-state index < -0.39 is 0 Å². The van der Waals surface area contributed by atoms with E-state index in [1.54, 1.807) is 0 Å². The fourth-order valence-electron chi connectivity index (χ4n) is 2.93. The van der Waals surface area contributed by atoms with Crippen molar-refractivity contribution in [2.24, 2.45) is 17.3 Å². The van der Waals surface area contributed by atoms with Gasteiger partial charge in [0.2, 0.25) is 0 Å². The predicted octanol–water partition coefficient (Wildman–Crippen LogP) is 2.85. The van der Waals surface area contributed by atoms with Crippen LogP contribution in [0.3, 0.4) is 0 Å². The van der Waals surface area contributed by atoms with Gasteiger partial charge in [-0.05, 0) is 42.9 Å². The molecule has 1 spiro atoms. The summed E-state index contributed by atoms with van der Waals surface area (Å²) in [6, 6.07) is 0. The van der Waals surface area contributed by atoms with Gasteiger partial charge in [0, 0.05) is 7.11 Å². The second-order valence-corrected chi connectivity index (χ2v) is 5.18. The molecule has 0 bridgehead atoms. The summed E-state index contributed by atoms with van der Waals surface area (Å²) in [7, 11) is 1.84. The van der Waals surface area contributed by atoms with Gasteiger partial charge in [0.05, 0.1) is 6.10 Å². The molecule has 2 saturated carbocycles. The fraction of sp³-hybridized carbons (Fsp3) is 1.00. The standard InChI is InChI=1S/C11H20O/c1-8(2)9-4-11(5-9)6-10(7-11)12-3/h8-10H,4-7H2,1-3H3. The Morgan fingerprint density at radius 2 is 1.75 bits per heavy atom. The smallest absolute Gasteiger partial charge is 0.0582 e. The molecule has 0 atom stereocenters. The van der Waals surface area contributed by atoms with Gasteiger partial charge < -0.3 is 4.74 Å². The molecule has 0 aromatic rings. The van der Waals surface area contributed by atoms with Crippen LogP contribution in [0.1, 0.15) is 39.5 Å². The van der Waals surface area contributed by atoms with E-state index in [-0.39, 0.29) is 0 Å². The first-order valence-electron chi connectivity index (χ1n) is 5.18. The summed E-state index contributed by atoms with van der Waals surface area (Å²) in [6.07, 6.45) is 6.23. The zero-order chi connectivity index (χ0) is 8.77. The van der Waals surface area contributed by atoms with E-state index in [2.05, 4.69) is 13.8 Å². The molecule has 0 saturated heterocycles. The number of ether oxygens (including phenoxy) is 1. The van der Waals surface area contributed by atoms with Gasteiger partial charge in [-0.3, -0.25) is 0 Å². The molecule has 0 aromatic carbocycles. The van der Waals surface area contributed by atoms with Gasteiger partial charge in [0.15, 0.2) is 0 Å². The lowest BCUT2D eigenvalue weighted by molar-refractivity contribution is -0.134. The highest BCUT2D eigenvalue weighted by Crippen LogP contribution is 2.60. The van der Waals surface area contributed by atoms with Crippen LogP contribution in [0.4, 0.5) is 0 Å². The first-order valence-corrected chi connectivity index (χ1v) is 5.18. The number of hydrogen-bond donors (Lipinski definition) is 0. The van der Waals surface area contributed by atoms with Gasteiger partial charge in [0.1, 0.15) is 0 Å². The lowest BCUT2D eigenvalue weighted by atomic mass is 9.49. The molecule has 2 fully saturated rings. The maximum Gasteiger partial charge on any atom is 0.0582 e. The van der Waals surface area contributed by atoms with Gasteiger partial charge in [-0.25, -0.2) is 0 Å². The number of methoxy groups -OCH3 is 1. The number of rotatable bonds is 2. The number of hydrogen-bond acceptors (Lipinski definition) is 1. The third kappa shape index (κ3) is 1.19. The SMILES string of the molecule is COC1CC2(C1)CC(C(C)C)C2. The zero-order valence-electron chi connectivity index (χ0n) is 8.47. The molecule has 0 aliphatic heterocycles. The van der Waals surface area contributed by atoms with Crippen molar-refractivity contribution in [2.45, 2.75) is 45.6 Å². The Labute approximate surface area is 75.5 Å². The molecular weight excluding hydrogens is 148 g/mol. The molecule has 0 amide bonds. The largest absolute Gasteiger partial charge is 0.381 e. The fourth-order valence-corrected chi connectivity index (χ4v) is 2.93. The summed E-state index contributed by atoms with van der Waals surface area (Å²) in [5.41, 5.74) is 0.746. The van der Waals surface area contributed by atoms with Gasteiger partial charge in [0.25, 0.3) is 0 Å². The summed E-state index contributed by atoms with van der Waals surface area (Å²) in [5, 5.41) is 0. The third-order valence-corrected chi connectivity index (χ3v) is 3.99. The minimum Gasteiger partial charge on any atom is -0.381 e. The van der Waals surface area contributed by atoms with Crippen molar-refractivity contribution in [2.75, 3.05) is 7.11 Å². The molecule has 1 nitrogen and oxygen atoms in total.